The summed E-state index contributed by atoms with van der Waals surface area (Å²) in [4.78, 5) is 14.6. The summed E-state index contributed by atoms with van der Waals surface area (Å²) in [6.07, 6.45) is 2.47. The van der Waals surface area contributed by atoms with E-state index >= 15 is 0 Å². The van der Waals surface area contributed by atoms with Gasteiger partial charge in [-0.25, -0.2) is 19.9 Å². The van der Waals surface area contributed by atoms with E-state index in [-0.39, 0.29) is 55.0 Å². The molecule has 0 aliphatic carbocycles. The Kier molecular flexibility index (Phi) is 8.82. The van der Waals surface area contributed by atoms with Crippen LogP contribution in [0.15, 0.2) is 58.3 Å². The van der Waals surface area contributed by atoms with Crippen LogP contribution in [-0.2, 0) is 20.2 Å². The Hall–Kier alpha value is -3.08. The predicted molar refractivity (Wildman–Crippen MR) is 152 cm³/mol. The van der Waals surface area contributed by atoms with E-state index < -0.39 is 30.0 Å². The number of nitrogens with one attached hydrogen (secondary N) is 2. The van der Waals surface area contributed by atoms with Gasteiger partial charge in [-0.15, -0.1) is 0 Å². The number of benzene rings is 2. The standard InChI is InChI=1S/C22H14Cl4N6O6S2/c23-17-9-18(24)30-21(29-17)27-13-5-3-11(15(7-13)39(33,34)35)1-2-12-4-6-14(8-16(12)40(36,37)38)28-22-31-19(25)10-20(26)32-22/h1-10H,(H,27,29,30)(H,28,31,32)(H,33,34,35)(H,36,37,38). The Balaban J connectivity index is 1.69. The van der Waals surface area contributed by atoms with Crippen LogP contribution in [0.2, 0.25) is 20.6 Å². The van der Waals surface area contributed by atoms with E-state index in [2.05, 4.69) is 30.6 Å². The zero-order valence-corrected chi connectivity index (χ0v) is 24.1. The summed E-state index contributed by atoms with van der Waals surface area (Å²) in [7, 11) is -9.51. The second kappa shape index (κ2) is 11.8. The van der Waals surface area contributed by atoms with Gasteiger partial charge >= 0.3 is 0 Å². The molecule has 0 spiro atoms. The van der Waals surface area contributed by atoms with Gasteiger partial charge in [-0.3, -0.25) is 9.11 Å². The maximum Gasteiger partial charge on any atom is 0.295 e. The lowest BCUT2D eigenvalue weighted by Crippen LogP contribution is -2.04. The molecule has 4 rings (SSSR count). The van der Waals surface area contributed by atoms with Crippen LogP contribution in [0.4, 0.5) is 23.3 Å². The van der Waals surface area contributed by atoms with E-state index in [0.29, 0.717) is 0 Å². The summed E-state index contributed by atoms with van der Waals surface area (Å²) < 4.78 is 68.1. The third-order valence-electron chi connectivity index (χ3n) is 4.86. The summed E-state index contributed by atoms with van der Waals surface area (Å²) in [5, 5.41) is 5.60. The quantitative estimate of drug-likeness (QED) is 0.0976. The molecule has 12 nitrogen and oxygen atoms in total. The summed E-state index contributed by atoms with van der Waals surface area (Å²) in [5.74, 6) is -0.0574. The number of nitrogens with zero attached hydrogens (tertiary/aromatic N) is 4. The van der Waals surface area contributed by atoms with Crippen LogP contribution in [0.1, 0.15) is 11.1 Å². The van der Waals surface area contributed by atoms with Crippen LogP contribution in [0.3, 0.4) is 0 Å². The number of rotatable bonds is 8. The molecule has 2 aromatic heterocycles. The highest BCUT2D eigenvalue weighted by Gasteiger charge is 2.18. The van der Waals surface area contributed by atoms with E-state index in [1.54, 1.807) is 0 Å². The highest BCUT2D eigenvalue weighted by Crippen LogP contribution is 2.28. The molecule has 0 aliphatic heterocycles. The highest BCUT2D eigenvalue weighted by molar-refractivity contribution is 7.86. The Labute approximate surface area is 247 Å². The van der Waals surface area contributed by atoms with Crippen LogP contribution in [0.25, 0.3) is 12.2 Å². The first-order chi connectivity index (χ1) is 18.7. The maximum absolute atomic E-state index is 12.1. The fraction of sp³-hybridized carbons (Fsp3) is 0. The van der Waals surface area contributed by atoms with E-state index in [1.807, 2.05) is 0 Å². The van der Waals surface area contributed by atoms with Crippen molar-refractivity contribution in [2.45, 2.75) is 9.79 Å². The van der Waals surface area contributed by atoms with Crippen molar-refractivity contribution in [1.29, 1.82) is 0 Å². The number of hydrogen-bond donors (Lipinski definition) is 4. The number of anilines is 4. The van der Waals surface area contributed by atoms with Crippen molar-refractivity contribution in [2.75, 3.05) is 10.6 Å². The summed E-state index contributed by atoms with van der Waals surface area (Å²) in [6.45, 7) is 0. The van der Waals surface area contributed by atoms with Gasteiger partial charge in [0.1, 0.15) is 30.4 Å². The lowest BCUT2D eigenvalue weighted by atomic mass is 10.1. The number of halogens is 4. The third kappa shape index (κ3) is 7.77. The molecular formula is C22H14Cl4N6O6S2. The maximum atomic E-state index is 12.1. The van der Waals surface area contributed by atoms with Crippen molar-refractivity contribution >= 4 is 102 Å². The number of aromatic nitrogens is 4. The molecule has 0 aliphatic rings. The Morgan fingerprint density at radius 3 is 1.20 bits per heavy atom. The van der Waals surface area contributed by atoms with E-state index in [0.717, 1.165) is 12.1 Å². The minimum Gasteiger partial charge on any atom is -0.324 e. The number of hydrogen-bond acceptors (Lipinski definition) is 10. The minimum atomic E-state index is -4.75. The summed E-state index contributed by atoms with van der Waals surface area (Å²) in [6, 6.07) is 10.3. The first-order valence-corrected chi connectivity index (χ1v) is 14.9. The molecule has 2 heterocycles. The molecule has 0 bridgehead atoms. The average Bonchev–Trinajstić information content (AvgIpc) is 2.81. The molecule has 2 aromatic carbocycles. The second-order valence-electron chi connectivity index (χ2n) is 7.71. The Bertz CT molecular complexity index is 1700. The molecule has 0 unspecified atom stereocenters. The molecule has 0 atom stereocenters. The molecule has 4 N–H and O–H groups in total. The average molecular weight is 664 g/mol. The van der Waals surface area contributed by atoms with Crippen LogP contribution in [0.5, 0.6) is 0 Å². The lowest BCUT2D eigenvalue weighted by Gasteiger charge is -2.10. The molecule has 40 heavy (non-hydrogen) atoms. The van der Waals surface area contributed by atoms with Gasteiger partial charge in [0.25, 0.3) is 20.2 Å². The van der Waals surface area contributed by atoms with Crippen molar-refractivity contribution in [2.24, 2.45) is 0 Å². The van der Waals surface area contributed by atoms with Crippen LogP contribution in [-0.4, -0.2) is 45.9 Å². The fourth-order valence-electron chi connectivity index (χ4n) is 3.28. The SMILES string of the molecule is O=S(=O)(O)c1cc(Nc2nc(Cl)cc(Cl)n2)ccc1C=Cc1ccc(Nc2nc(Cl)cc(Cl)n2)cc1S(=O)(=O)O. The molecule has 0 amide bonds. The van der Waals surface area contributed by atoms with Gasteiger partial charge in [0.15, 0.2) is 0 Å². The molecule has 0 saturated carbocycles. The van der Waals surface area contributed by atoms with Crippen molar-refractivity contribution < 1.29 is 25.9 Å². The van der Waals surface area contributed by atoms with E-state index in [1.165, 1.54) is 48.6 Å². The molecule has 18 heteroatoms. The van der Waals surface area contributed by atoms with Gasteiger partial charge < -0.3 is 10.6 Å². The second-order valence-corrected chi connectivity index (χ2v) is 12.0. The highest BCUT2D eigenvalue weighted by atomic mass is 35.5. The first kappa shape index (κ1) is 29.9. The smallest absolute Gasteiger partial charge is 0.295 e. The van der Waals surface area contributed by atoms with Crippen LogP contribution < -0.4 is 10.6 Å². The van der Waals surface area contributed by atoms with Crippen molar-refractivity contribution in [3.63, 3.8) is 0 Å². The molecule has 0 fully saturated rings. The molecule has 208 valence electrons. The van der Waals surface area contributed by atoms with Gasteiger partial charge in [0.2, 0.25) is 11.9 Å². The van der Waals surface area contributed by atoms with Crippen molar-refractivity contribution in [3.8, 4) is 0 Å². The van der Waals surface area contributed by atoms with Crippen molar-refractivity contribution in [1.82, 2.24) is 19.9 Å². The van der Waals surface area contributed by atoms with Crippen LogP contribution in [0, 0.1) is 0 Å². The zero-order chi connectivity index (χ0) is 29.2. The lowest BCUT2D eigenvalue weighted by molar-refractivity contribution is 0.480. The van der Waals surface area contributed by atoms with Crippen molar-refractivity contribution in [3.05, 3.63) is 80.3 Å². The van der Waals surface area contributed by atoms with Gasteiger partial charge in [-0.05, 0) is 35.4 Å². The fourth-order valence-corrected chi connectivity index (χ4v) is 5.54. The van der Waals surface area contributed by atoms with Gasteiger partial charge in [0.05, 0.1) is 0 Å². The predicted octanol–water partition coefficient (Wildman–Crippen LogP) is 6.03. The third-order valence-corrected chi connectivity index (χ3v) is 7.46. The summed E-state index contributed by atoms with van der Waals surface area (Å²) in [5.41, 5.74) is 0.313. The van der Waals surface area contributed by atoms with E-state index in [4.69, 9.17) is 46.4 Å². The van der Waals surface area contributed by atoms with Crippen LogP contribution >= 0.6 is 46.4 Å². The minimum absolute atomic E-state index is 0.0106. The monoisotopic (exact) mass is 662 g/mol. The summed E-state index contributed by atoms with van der Waals surface area (Å²) >= 11 is 23.4. The normalized spacial score (nSPS) is 12.1. The largest absolute Gasteiger partial charge is 0.324 e. The van der Waals surface area contributed by atoms with Gasteiger partial charge in [-0.2, -0.15) is 16.8 Å². The molecular weight excluding hydrogens is 650 g/mol. The Morgan fingerprint density at radius 1 is 0.575 bits per heavy atom. The first-order valence-electron chi connectivity index (χ1n) is 10.5. The zero-order valence-electron chi connectivity index (χ0n) is 19.4. The molecule has 4 aromatic rings. The van der Waals surface area contributed by atoms with Gasteiger partial charge in [-0.1, -0.05) is 70.7 Å². The molecule has 0 radical (unpaired) electrons. The van der Waals surface area contributed by atoms with E-state index in [9.17, 15) is 25.9 Å². The molecule has 0 saturated heterocycles. The van der Waals surface area contributed by atoms with Gasteiger partial charge in [0, 0.05) is 23.5 Å². The Morgan fingerprint density at radius 2 is 0.900 bits per heavy atom. The topological polar surface area (TPSA) is 184 Å².